The highest BCUT2D eigenvalue weighted by Crippen LogP contribution is 2.38. The second kappa shape index (κ2) is 6.85. The lowest BCUT2D eigenvalue weighted by molar-refractivity contribution is 0.0767. The van der Waals surface area contributed by atoms with Crippen LogP contribution in [0.1, 0.15) is 41.4 Å². The molecule has 1 aromatic carbocycles. The topological polar surface area (TPSA) is 66.6 Å². The Labute approximate surface area is 161 Å². The molecule has 0 bridgehead atoms. The molecule has 0 unspecified atom stereocenters. The van der Waals surface area contributed by atoms with Gasteiger partial charge in [-0.25, -0.2) is 4.39 Å². The van der Waals surface area contributed by atoms with Crippen molar-refractivity contribution in [3.05, 3.63) is 53.6 Å². The maximum absolute atomic E-state index is 13.1. The average molecular weight is 380 g/mol. The molecule has 0 spiro atoms. The van der Waals surface area contributed by atoms with E-state index in [1.54, 1.807) is 12.1 Å². The number of nitrogens with zero attached hydrogens (tertiary/aromatic N) is 6. The number of halogens is 1. The molecule has 0 atom stereocenters. The Balaban J connectivity index is 1.33. The lowest BCUT2D eigenvalue weighted by Crippen LogP contribution is -2.35. The zero-order valence-corrected chi connectivity index (χ0v) is 15.5. The van der Waals surface area contributed by atoms with Crippen molar-refractivity contribution in [2.24, 2.45) is 0 Å². The number of anilines is 1. The van der Waals surface area contributed by atoms with E-state index in [0.717, 1.165) is 43.1 Å². The Morgan fingerprint density at radius 3 is 2.57 bits per heavy atom. The third-order valence-corrected chi connectivity index (χ3v) is 5.41. The monoisotopic (exact) mass is 380 g/mol. The highest BCUT2D eigenvalue weighted by atomic mass is 19.1. The van der Waals surface area contributed by atoms with Gasteiger partial charge in [-0.2, -0.15) is 4.52 Å². The number of hydrogen-bond acceptors (Lipinski definition) is 5. The van der Waals surface area contributed by atoms with Crippen LogP contribution in [0.3, 0.4) is 0 Å². The van der Waals surface area contributed by atoms with Crippen molar-refractivity contribution in [2.75, 3.05) is 31.1 Å². The molecule has 2 fully saturated rings. The summed E-state index contributed by atoms with van der Waals surface area (Å²) in [6.07, 6.45) is 3.15. The van der Waals surface area contributed by atoms with Crippen LogP contribution in [0.5, 0.6) is 0 Å². The number of carbonyl (C=O) groups excluding carboxylic acids is 1. The molecule has 1 saturated heterocycles. The fourth-order valence-electron chi connectivity index (χ4n) is 3.69. The number of aromatic nitrogens is 4. The summed E-state index contributed by atoms with van der Waals surface area (Å²) in [5.41, 5.74) is 1.29. The lowest BCUT2D eigenvalue weighted by Gasteiger charge is -2.23. The largest absolute Gasteiger partial charge is 0.353 e. The Bertz CT molecular complexity index is 1010. The molecule has 1 aliphatic heterocycles. The van der Waals surface area contributed by atoms with Gasteiger partial charge in [-0.05, 0) is 55.7 Å². The van der Waals surface area contributed by atoms with E-state index in [4.69, 9.17) is 5.10 Å². The normalized spacial score (nSPS) is 17.8. The molecular weight excluding hydrogens is 359 g/mol. The summed E-state index contributed by atoms with van der Waals surface area (Å²) >= 11 is 0. The standard InChI is InChI=1S/C20H21FN6O/c21-16-6-4-15(5-7-16)20(28)26-11-1-10-25(12-13-26)18-9-8-17-22-23-19(14-2-3-14)27(17)24-18/h4-9,14H,1-3,10-13H2. The van der Waals surface area contributed by atoms with E-state index in [-0.39, 0.29) is 11.7 Å². The Hall–Kier alpha value is -3.03. The van der Waals surface area contributed by atoms with Gasteiger partial charge in [-0.3, -0.25) is 4.79 Å². The van der Waals surface area contributed by atoms with E-state index < -0.39 is 0 Å². The van der Waals surface area contributed by atoms with E-state index in [9.17, 15) is 9.18 Å². The second-order valence-corrected chi connectivity index (χ2v) is 7.43. The summed E-state index contributed by atoms with van der Waals surface area (Å²) in [5, 5.41) is 13.3. The molecule has 3 heterocycles. The van der Waals surface area contributed by atoms with Gasteiger partial charge >= 0.3 is 0 Å². The quantitative estimate of drug-likeness (QED) is 0.698. The first-order chi connectivity index (χ1) is 13.7. The SMILES string of the molecule is O=C(c1ccc(F)cc1)N1CCCN(c2ccc3nnc(C4CC4)n3n2)CC1. The van der Waals surface area contributed by atoms with Crippen molar-refractivity contribution < 1.29 is 9.18 Å². The minimum atomic E-state index is -0.334. The average Bonchev–Trinajstić information content (AvgIpc) is 3.51. The van der Waals surface area contributed by atoms with Gasteiger partial charge in [0.1, 0.15) is 11.6 Å². The third-order valence-electron chi connectivity index (χ3n) is 5.41. The van der Waals surface area contributed by atoms with Gasteiger partial charge in [0, 0.05) is 37.7 Å². The molecule has 2 aromatic heterocycles. The minimum absolute atomic E-state index is 0.0555. The molecule has 5 rings (SSSR count). The van der Waals surface area contributed by atoms with Gasteiger partial charge in [0.2, 0.25) is 0 Å². The fraction of sp³-hybridized carbons (Fsp3) is 0.400. The molecule has 8 heteroatoms. The fourth-order valence-corrected chi connectivity index (χ4v) is 3.69. The van der Waals surface area contributed by atoms with Gasteiger partial charge < -0.3 is 9.80 Å². The van der Waals surface area contributed by atoms with E-state index in [2.05, 4.69) is 15.1 Å². The number of hydrogen-bond donors (Lipinski definition) is 0. The molecule has 144 valence electrons. The number of fused-ring (bicyclic) bond motifs is 1. The second-order valence-electron chi connectivity index (χ2n) is 7.43. The summed E-state index contributed by atoms with van der Waals surface area (Å²) in [6, 6.07) is 9.66. The first-order valence-electron chi connectivity index (χ1n) is 9.71. The molecule has 1 aliphatic carbocycles. The Morgan fingerprint density at radius 1 is 0.964 bits per heavy atom. The van der Waals surface area contributed by atoms with Gasteiger partial charge in [-0.1, -0.05) is 0 Å². The van der Waals surface area contributed by atoms with E-state index in [1.807, 2.05) is 21.5 Å². The van der Waals surface area contributed by atoms with Crippen molar-refractivity contribution in [3.63, 3.8) is 0 Å². The van der Waals surface area contributed by atoms with Crippen LogP contribution in [0.15, 0.2) is 36.4 Å². The molecule has 0 radical (unpaired) electrons. The maximum atomic E-state index is 13.1. The summed E-state index contributed by atoms with van der Waals surface area (Å²) in [5.74, 6) is 1.91. The van der Waals surface area contributed by atoms with Crippen LogP contribution >= 0.6 is 0 Å². The maximum Gasteiger partial charge on any atom is 0.253 e. The summed E-state index contributed by atoms with van der Waals surface area (Å²) in [4.78, 5) is 16.8. The van der Waals surface area contributed by atoms with E-state index in [1.165, 1.54) is 12.1 Å². The molecule has 0 N–H and O–H groups in total. The predicted octanol–water partition coefficient (Wildman–Crippen LogP) is 2.49. The summed E-state index contributed by atoms with van der Waals surface area (Å²) < 4.78 is 15.0. The zero-order chi connectivity index (χ0) is 19.1. The highest BCUT2D eigenvalue weighted by molar-refractivity contribution is 5.94. The van der Waals surface area contributed by atoms with Crippen LogP contribution in [0, 0.1) is 5.82 Å². The van der Waals surface area contributed by atoms with Gasteiger partial charge in [-0.15, -0.1) is 15.3 Å². The summed E-state index contributed by atoms with van der Waals surface area (Å²) in [6.45, 7) is 2.81. The van der Waals surface area contributed by atoms with Crippen LogP contribution in [-0.4, -0.2) is 56.8 Å². The molecular formula is C20H21FN6O. The molecule has 28 heavy (non-hydrogen) atoms. The zero-order valence-electron chi connectivity index (χ0n) is 15.5. The van der Waals surface area contributed by atoms with E-state index >= 15 is 0 Å². The smallest absolute Gasteiger partial charge is 0.253 e. The van der Waals surface area contributed by atoms with Crippen LogP contribution in [0.4, 0.5) is 10.2 Å². The Kier molecular flexibility index (Phi) is 4.18. The van der Waals surface area contributed by atoms with Crippen LogP contribution in [0.2, 0.25) is 0 Å². The highest BCUT2D eigenvalue weighted by Gasteiger charge is 2.29. The van der Waals surface area contributed by atoms with Crippen LogP contribution in [0.25, 0.3) is 5.65 Å². The molecule has 1 saturated carbocycles. The molecule has 1 amide bonds. The summed E-state index contributed by atoms with van der Waals surface area (Å²) in [7, 11) is 0. The van der Waals surface area contributed by atoms with Crippen molar-refractivity contribution in [2.45, 2.75) is 25.2 Å². The van der Waals surface area contributed by atoms with Crippen molar-refractivity contribution >= 4 is 17.4 Å². The number of benzene rings is 1. The first kappa shape index (κ1) is 17.1. The molecule has 7 nitrogen and oxygen atoms in total. The van der Waals surface area contributed by atoms with Crippen LogP contribution in [-0.2, 0) is 0 Å². The van der Waals surface area contributed by atoms with Gasteiger partial charge in [0.15, 0.2) is 11.5 Å². The number of amides is 1. The van der Waals surface area contributed by atoms with E-state index in [0.29, 0.717) is 31.1 Å². The van der Waals surface area contributed by atoms with Crippen LogP contribution < -0.4 is 4.90 Å². The van der Waals surface area contributed by atoms with Gasteiger partial charge in [0.25, 0.3) is 5.91 Å². The minimum Gasteiger partial charge on any atom is -0.353 e. The van der Waals surface area contributed by atoms with Crippen molar-refractivity contribution in [3.8, 4) is 0 Å². The molecule has 3 aromatic rings. The first-order valence-corrected chi connectivity index (χ1v) is 9.71. The van der Waals surface area contributed by atoms with Crippen molar-refractivity contribution in [1.82, 2.24) is 24.7 Å². The van der Waals surface area contributed by atoms with Gasteiger partial charge in [0.05, 0.1) is 0 Å². The number of carbonyl (C=O) groups is 1. The Morgan fingerprint density at radius 2 is 1.79 bits per heavy atom. The predicted molar refractivity (Wildman–Crippen MR) is 102 cm³/mol. The lowest BCUT2D eigenvalue weighted by atomic mass is 10.2. The molecule has 2 aliphatic rings. The number of rotatable bonds is 3. The van der Waals surface area contributed by atoms with Crippen molar-refractivity contribution in [1.29, 1.82) is 0 Å². The third kappa shape index (κ3) is 3.19.